The van der Waals surface area contributed by atoms with E-state index >= 15 is 0 Å². The van der Waals surface area contributed by atoms with Gasteiger partial charge in [0.25, 0.3) is 5.91 Å². The summed E-state index contributed by atoms with van der Waals surface area (Å²) in [4.78, 5) is 19.2. The molecule has 2 N–H and O–H groups in total. The summed E-state index contributed by atoms with van der Waals surface area (Å²) in [5.74, 6) is -0.341. The summed E-state index contributed by atoms with van der Waals surface area (Å²) in [5.41, 5.74) is 0.837. The summed E-state index contributed by atoms with van der Waals surface area (Å²) >= 11 is 6.17. The third-order valence-electron chi connectivity index (χ3n) is 3.05. The van der Waals surface area contributed by atoms with Gasteiger partial charge in [-0.25, -0.2) is 4.98 Å². The predicted octanol–water partition coefficient (Wildman–Crippen LogP) is 4.55. The van der Waals surface area contributed by atoms with Gasteiger partial charge in [-0.1, -0.05) is 23.6 Å². The summed E-state index contributed by atoms with van der Waals surface area (Å²) in [6.45, 7) is -1.37. The monoisotopic (exact) mass is 385 g/mol. The van der Waals surface area contributed by atoms with Gasteiger partial charge in [0.05, 0.1) is 15.8 Å². The highest BCUT2D eigenvalue weighted by Gasteiger charge is 2.28. The summed E-state index contributed by atoms with van der Waals surface area (Å²) in [6.07, 6.45) is -2.80. The van der Waals surface area contributed by atoms with Crippen LogP contribution in [0.1, 0.15) is 10.4 Å². The minimum absolute atomic E-state index is 0.0804. The van der Waals surface area contributed by atoms with Crippen LogP contribution < -0.4 is 10.1 Å². The van der Waals surface area contributed by atoms with Crippen LogP contribution in [0.3, 0.4) is 0 Å². The van der Waals surface area contributed by atoms with Gasteiger partial charge in [-0.3, -0.25) is 10.1 Å². The zero-order valence-electron chi connectivity index (χ0n) is 12.4. The molecule has 5 nitrogen and oxygen atoms in total. The standard InChI is InChI=1S/C15H10F3N3O2S2/c16-15(17,18)7-23-8-3-4-10-11(6-8)25-14(20-10)21-12(22)9-2-1-5-19-13(9)24/h1-6H,7H2,(H,19,24)(H,20,21,22). The first-order chi connectivity index (χ1) is 11.8. The molecule has 3 aromatic rings. The lowest BCUT2D eigenvalue weighted by Crippen LogP contribution is -2.19. The largest absolute Gasteiger partial charge is 0.484 e. The van der Waals surface area contributed by atoms with Crippen molar-refractivity contribution in [2.24, 2.45) is 0 Å². The smallest absolute Gasteiger partial charge is 0.422 e. The normalized spacial score (nSPS) is 11.5. The average Bonchev–Trinajstić information content (AvgIpc) is 2.94. The van der Waals surface area contributed by atoms with Crippen LogP contribution in [-0.2, 0) is 0 Å². The summed E-state index contributed by atoms with van der Waals surface area (Å²) in [5, 5.41) is 2.94. The number of thiazole rings is 1. The van der Waals surface area contributed by atoms with E-state index < -0.39 is 18.7 Å². The number of benzene rings is 1. The fourth-order valence-corrected chi connectivity index (χ4v) is 3.10. The van der Waals surface area contributed by atoms with Crippen LogP contribution in [0.5, 0.6) is 5.75 Å². The predicted molar refractivity (Wildman–Crippen MR) is 90.7 cm³/mol. The Morgan fingerprint density at radius 2 is 2.16 bits per heavy atom. The number of carbonyl (C=O) groups excluding carboxylic acids is 1. The second-order valence-corrected chi connectivity index (χ2v) is 6.36. The van der Waals surface area contributed by atoms with Crippen LogP contribution in [0, 0.1) is 4.64 Å². The highest BCUT2D eigenvalue weighted by molar-refractivity contribution is 7.71. The number of hydrogen-bond acceptors (Lipinski definition) is 5. The molecule has 0 radical (unpaired) electrons. The van der Waals surface area contributed by atoms with Gasteiger partial charge in [-0.05, 0) is 30.3 Å². The number of ether oxygens (including phenoxy) is 1. The molecule has 10 heteroatoms. The second-order valence-electron chi connectivity index (χ2n) is 4.92. The lowest BCUT2D eigenvalue weighted by molar-refractivity contribution is -0.153. The molecule has 0 saturated carbocycles. The van der Waals surface area contributed by atoms with E-state index in [2.05, 4.69) is 15.3 Å². The molecule has 0 bridgehead atoms. The van der Waals surface area contributed by atoms with Crippen molar-refractivity contribution in [3.05, 3.63) is 46.7 Å². The number of amides is 1. The second kappa shape index (κ2) is 6.81. The molecule has 2 aromatic heterocycles. The fraction of sp³-hybridized carbons (Fsp3) is 0.133. The van der Waals surface area contributed by atoms with Crippen molar-refractivity contribution in [3.63, 3.8) is 0 Å². The number of halogens is 3. The summed E-state index contributed by atoms with van der Waals surface area (Å²) in [6, 6.07) is 7.59. The van der Waals surface area contributed by atoms with Crippen LogP contribution in [0.4, 0.5) is 18.3 Å². The molecule has 0 spiro atoms. The number of carbonyl (C=O) groups is 1. The van der Waals surface area contributed by atoms with E-state index in [0.29, 0.717) is 25.6 Å². The minimum atomic E-state index is -4.41. The Morgan fingerprint density at radius 1 is 1.36 bits per heavy atom. The number of aromatic nitrogens is 2. The first kappa shape index (κ1) is 17.4. The third kappa shape index (κ3) is 4.34. The van der Waals surface area contributed by atoms with E-state index in [1.165, 1.54) is 18.2 Å². The van der Waals surface area contributed by atoms with Crippen molar-refractivity contribution in [1.82, 2.24) is 9.97 Å². The maximum Gasteiger partial charge on any atom is 0.422 e. The molecule has 25 heavy (non-hydrogen) atoms. The van der Waals surface area contributed by atoms with E-state index in [1.807, 2.05) is 0 Å². The summed E-state index contributed by atoms with van der Waals surface area (Å²) in [7, 11) is 0. The quantitative estimate of drug-likeness (QED) is 0.647. The van der Waals surface area contributed by atoms with E-state index in [4.69, 9.17) is 17.0 Å². The van der Waals surface area contributed by atoms with E-state index in [1.54, 1.807) is 18.3 Å². The number of pyridine rings is 1. The number of H-pyrrole nitrogens is 1. The maximum atomic E-state index is 12.2. The molecule has 2 heterocycles. The molecule has 0 fully saturated rings. The SMILES string of the molecule is O=C(Nc1nc2ccc(OCC(F)(F)F)cc2s1)c1ccc[nH]c1=S. The molecule has 130 valence electrons. The van der Waals surface area contributed by atoms with Gasteiger partial charge in [-0.2, -0.15) is 13.2 Å². The molecule has 0 aliphatic heterocycles. The molecule has 1 amide bonds. The number of hydrogen-bond donors (Lipinski definition) is 2. The lowest BCUT2D eigenvalue weighted by atomic mass is 10.3. The highest BCUT2D eigenvalue weighted by Crippen LogP contribution is 2.30. The molecular weight excluding hydrogens is 375 g/mol. The highest BCUT2D eigenvalue weighted by atomic mass is 32.1. The number of rotatable bonds is 4. The van der Waals surface area contributed by atoms with Crippen molar-refractivity contribution < 1.29 is 22.7 Å². The van der Waals surface area contributed by atoms with Crippen molar-refractivity contribution >= 4 is 44.8 Å². The number of anilines is 1. The Bertz CT molecular complexity index is 982. The first-order valence-electron chi connectivity index (χ1n) is 6.91. The third-order valence-corrected chi connectivity index (χ3v) is 4.32. The van der Waals surface area contributed by atoms with Gasteiger partial charge in [0.1, 0.15) is 10.4 Å². The molecule has 3 rings (SSSR count). The van der Waals surface area contributed by atoms with Gasteiger partial charge in [0.15, 0.2) is 11.7 Å². The fourth-order valence-electron chi connectivity index (χ4n) is 1.98. The average molecular weight is 385 g/mol. The van der Waals surface area contributed by atoms with Gasteiger partial charge >= 0.3 is 6.18 Å². The van der Waals surface area contributed by atoms with E-state index in [9.17, 15) is 18.0 Å². The zero-order chi connectivity index (χ0) is 18.0. The van der Waals surface area contributed by atoms with Crippen molar-refractivity contribution in [2.45, 2.75) is 6.18 Å². The Kier molecular flexibility index (Phi) is 4.73. The van der Waals surface area contributed by atoms with Crippen LogP contribution in [0.2, 0.25) is 0 Å². The number of alkyl halides is 3. The number of aromatic amines is 1. The zero-order valence-corrected chi connectivity index (χ0v) is 14.0. The van der Waals surface area contributed by atoms with Gasteiger partial charge in [0, 0.05) is 6.20 Å². The molecule has 0 aliphatic carbocycles. The number of nitrogens with one attached hydrogen (secondary N) is 2. The topological polar surface area (TPSA) is 67.0 Å². The van der Waals surface area contributed by atoms with Crippen LogP contribution in [-0.4, -0.2) is 28.7 Å². The molecule has 0 unspecified atom stereocenters. The van der Waals surface area contributed by atoms with Gasteiger partial charge in [0.2, 0.25) is 0 Å². The molecular formula is C15H10F3N3O2S2. The summed E-state index contributed by atoms with van der Waals surface area (Å²) < 4.78 is 42.2. The number of nitrogens with zero attached hydrogens (tertiary/aromatic N) is 1. The van der Waals surface area contributed by atoms with Crippen molar-refractivity contribution in [3.8, 4) is 5.75 Å². The van der Waals surface area contributed by atoms with Crippen LogP contribution in [0.15, 0.2) is 36.5 Å². The van der Waals surface area contributed by atoms with Crippen molar-refractivity contribution in [2.75, 3.05) is 11.9 Å². The minimum Gasteiger partial charge on any atom is -0.484 e. The van der Waals surface area contributed by atoms with E-state index in [-0.39, 0.29) is 5.75 Å². The van der Waals surface area contributed by atoms with Crippen LogP contribution in [0.25, 0.3) is 10.2 Å². The van der Waals surface area contributed by atoms with Crippen molar-refractivity contribution in [1.29, 1.82) is 0 Å². The molecule has 0 atom stereocenters. The molecule has 0 saturated heterocycles. The molecule has 0 aliphatic rings. The Morgan fingerprint density at radius 3 is 2.88 bits per heavy atom. The maximum absolute atomic E-state index is 12.2. The van der Waals surface area contributed by atoms with E-state index in [0.717, 1.165) is 11.3 Å². The number of fused-ring (bicyclic) bond motifs is 1. The first-order valence-corrected chi connectivity index (χ1v) is 8.13. The lowest BCUT2D eigenvalue weighted by Gasteiger charge is -2.08. The Balaban J connectivity index is 1.78. The Labute approximate surface area is 148 Å². The van der Waals surface area contributed by atoms with Crippen LogP contribution >= 0.6 is 23.6 Å². The van der Waals surface area contributed by atoms with Gasteiger partial charge in [-0.15, -0.1) is 0 Å². The Hall–Kier alpha value is -2.46. The van der Waals surface area contributed by atoms with Gasteiger partial charge < -0.3 is 9.72 Å². The molecule has 1 aromatic carbocycles.